The van der Waals surface area contributed by atoms with E-state index in [-0.39, 0.29) is 16.0 Å². The van der Waals surface area contributed by atoms with Crippen LogP contribution >= 0.6 is 0 Å². The van der Waals surface area contributed by atoms with Crippen LogP contribution in [0.3, 0.4) is 0 Å². The predicted octanol–water partition coefficient (Wildman–Crippen LogP) is 2.02. The number of ether oxygens (including phenoxy) is 1. The maximum atomic E-state index is 12.0. The number of carbonyl (C=O) groups is 2. The third kappa shape index (κ3) is 3.50. The van der Waals surface area contributed by atoms with Crippen molar-refractivity contribution in [1.82, 2.24) is 0 Å². The molecule has 0 spiro atoms. The third-order valence-electron chi connectivity index (χ3n) is 2.74. The second-order valence-electron chi connectivity index (χ2n) is 4.21. The minimum atomic E-state index is -4.21. The molecule has 2 aromatic rings. The van der Waals surface area contributed by atoms with Gasteiger partial charge < -0.3 is 8.92 Å². The molecule has 6 nitrogen and oxygen atoms in total. The summed E-state index contributed by atoms with van der Waals surface area (Å²) in [5.74, 6) is -1.71. The lowest BCUT2D eigenvalue weighted by molar-refractivity contribution is 0.0600. The molecule has 114 valence electrons. The molecular weight excluding hydrogens is 308 g/mol. The van der Waals surface area contributed by atoms with Crippen LogP contribution in [-0.4, -0.2) is 27.5 Å². The van der Waals surface area contributed by atoms with E-state index in [9.17, 15) is 18.0 Å². The quantitative estimate of drug-likeness (QED) is 0.633. The summed E-state index contributed by atoms with van der Waals surface area (Å²) in [7, 11) is -3.01. The zero-order chi connectivity index (χ0) is 16.2. The predicted molar refractivity (Wildman–Crippen MR) is 76.8 cm³/mol. The van der Waals surface area contributed by atoms with Crippen molar-refractivity contribution in [3.05, 3.63) is 65.7 Å². The average Bonchev–Trinajstić information content (AvgIpc) is 2.54. The molecule has 0 fully saturated rings. The van der Waals surface area contributed by atoms with E-state index in [1.807, 2.05) is 0 Å². The van der Waals surface area contributed by atoms with Gasteiger partial charge in [0.25, 0.3) is 0 Å². The number of carbonyl (C=O) groups excluding carboxylic acids is 2. The van der Waals surface area contributed by atoms with Crippen LogP contribution in [0.5, 0.6) is 0 Å². The first kappa shape index (κ1) is 15.7. The first-order valence-corrected chi connectivity index (χ1v) is 7.57. The minimum absolute atomic E-state index is 0.0672. The number of hydrogen-bond donors (Lipinski definition) is 0. The van der Waals surface area contributed by atoms with Crippen molar-refractivity contribution in [1.29, 1.82) is 0 Å². The Labute approximate surface area is 127 Å². The van der Waals surface area contributed by atoms with Gasteiger partial charge in [-0.2, -0.15) is 8.42 Å². The maximum absolute atomic E-state index is 12.0. The molecule has 22 heavy (non-hydrogen) atoms. The Kier molecular flexibility index (Phi) is 4.57. The van der Waals surface area contributed by atoms with Gasteiger partial charge in [0.15, 0.2) is 0 Å². The number of esters is 1. The maximum Gasteiger partial charge on any atom is 0.354 e. The van der Waals surface area contributed by atoms with E-state index in [0.29, 0.717) is 0 Å². The molecule has 0 N–H and O–H groups in total. The van der Waals surface area contributed by atoms with Crippen molar-refractivity contribution in [2.24, 2.45) is 0 Å². The molecule has 7 heteroatoms. The topological polar surface area (TPSA) is 86.7 Å². The Morgan fingerprint density at radius 3 is 2.05 bits per heavy atom. The van der Waals surface area contributed by atoms with Crippen LogP contribution in [0, 0.1) is 0 Å². The highest BCUT2D eigenvalue weighted by Gasteiger charge is 2.21. The van der Waals surface area contributed by atoms with E-state index in [4.69, 9.17) is 0 Å². The Balaban J connectivity index is 2.25. The van der Waals surface area contributed by atoms with Gasteiger partial charge in [0.05, 0.1) is 18.2 Å². The second kappa shape index (κ2) is 6.40. The summed E-state index contributed by atoms with van der Waals surface area (Å²) >= 11 is 0. The minimum Gasteiger partial charge on any atom is -0.465 e. The Bertz CT molecular complexity index is 796. The van der Waals surface area contributed by atoms with E-state index in [1.54, 1.807) is 6.07 Å². The Morgan fingerprint density at radius 2 is 1.45 bits per heavy atom. The van der Waals surface area contributed by atoms with E-state index in [2.05, 4.69) is 8.92 Å². The number of benzene rings is 2. The van der Waals surface area contributed by atoms with Crippen LogP contribution in [0.4, 0.5) is 0 Å². The van der Waals surface area contributed by atoms with Gasteiger partial charge in [-0.1, -0.05) is 24.3 Å². The summed E-state index contributed by atoms with van der Waals surface area (Å²) in [4.78, 5) is 23.2. The van der Waals surface area contributed by atoms with Crippen molar-refractivity contribution < 1.29 is 26.9 Å². The molecule has 0 saturated carbocycles. The summed E-state index contributed by atoms with van der Waals surface area (Å²) < 4.78 is 33.0. The third-order valence-corrected chi connectivity index (χ3v) is 3.96. The smallest absolute Gasteiger partial charge is 0.354 e. The molecule has 0 aliphatic rings. The largest absolute Gasteiger partial charge is 0.465 e. The lowest BCUT2D eigenvalue weighted by atomic mass is 10.1. The van der Waals surface area contributed by atoms with Crippen molar-refractivity contribution >= 4 is 22.1 Å². The summed E-state index contributed by atoms with van der Waals surface area (Å²) in [5, 5.41) is 0. The van der Waals surface area contributed by atoms with E-state index >= 15 is 0 Å². The first-order valence-electron chi connectivity index (χ1n) is 6.16. The van der Waals surface area contributed by atoms with E-state index in [1.165, 1.54) is 55.6 Å². The van der Waals surface area contributed by atoms with Crippen molar-refractivity contribution in [2.75, 3.05) is 7.11 Å². The summed E-state index contributed by atoms with van der Waals surface area (Å²) in [6, 6.07) is 12.7. The molecule has 0 radical (unpaired) electrons. The van der Waals surface area contributed by atoms with Gasteiger partial charge in [-0.05, 0) is 30.3 Å². The molecule has 0 aliphatic heterocycles. The first-order chi connectivity index (χ1) is 10.4. The Morgan fingerprint density at radius 1 is 0.864 bits per heavy atom. The van der Waals surface area contributed by atoms with Crippen molar-refractivity contribution in [3.8, 4) is 0 Å². The van der Waals surface area contributed by atoms with Gasteiger partial charge in [0.1, 0.15) is 4.90 Å². The number of rotatable bonds is 4. The number of hydrogen-bond acceptors (Lipinski definition) is 6. The summed E-state index contributed by atoms with van der Waals surface area (Å²) in [5.41, 5.74) is 0.0523. The average molecular weight is 320 g/mol. The fourth-order valence-electron chi connectivity index (χ4n) is 1.67. The highest BCUT2D eigenvalue weighted by atomic mass is 32.2. The normalized spacial score (nSPS) is 10.8. The van der Waals surface area contributed by atoms with Crippen LogP contribution in [0.1, 0.15) is 20.7 Å². The van der Waals surface area contributed by atoms with Crippen LogP contribution in [0.2, 0.25) is 0 Å². The van der Waals surface area contributed by atoms with Crippen LogP contribution in [-0.2, 0) is 19.0 Å². The zero-order valence-corrected chi connectivity index (χ0v) is 12.4. The van der Waals surface area contributed by atoms with Crippen molar-refractivity contribution in [3.63, 3.8) is 0 Å². The highest BCUT2D eigenvalue weighted by molar-refractivity contribution is 7.87. The molecule has 0 unspecified atom stereocenters. The van der Waals surface area contributed by atoms with Crippen LogP contribution in [0.25, 0.3) is 0 Å². The zero-order valence-electron chi connectivity index (χ0n) is 11.6. The van der Waals surface area contributed by atoms with E-state index in [0.717, 1.165) is 0 Å². The molecular formula is C15H12O6S. The Hall–Kier alpha value is -2.67. The van der Waals surface area contributed by atoms with Crippen molar-refractivity contribution in [2.45, 2.75) is 4.90 Å². The second-order valence-corrected chi connectivity index (χ2v) is 5.76. The molecule has 0 heterocycles. The SMILES string of the molecule is COC(=O)c1cccc(C(=O)OS(=O)(=O)c2ccccc2)c1. The van der Waals surface area contributed by atoms with Gasteiger partial charge in [-0.3, -0.25) is 0 Å². The molecule has 0 bridgehead atoms. The van der Waals surface area contributed by atoms with Crippen LogP contribution < -0.4 is 0 Å². The molecule has 0 amide bonds. The van der Waals surface area contributed by atoms with E-state index < -0.39 is 22.1 Å². The lowest BCUT2D eigenvalue weighted by Crippen LogP contribution is -2.14. The molecule has 2 aromatic carbocycles. The molecule has 2 rings (SSSR count). The number of methoxy groups -OCH3 is 1. The van der Waals surface area contributed by atoms with Gasteiger partial charge in [-0.15, -0.1) is 0 Å². The highest BCUT2D eigenvalue weighted by Crippen LogP contribution is 2.15. The van der Waals surface area contributed by atoms with Gasteiger partial charge in [0, 0.05) is 0 Å². The lowest BCUT2D eigenvalue weighted by Gasteiger charge is -2.06. The molecule has 0 aromatic heterocycles. The summed E-state index contributed by atoms with van der Waals surface area (Å²) in [6.07, 6.45) is 0. The molecule has 0 aliphatic carbocycles. The van der Waals surface area contributed by atoms with Gasteiger partial charge in [-0.25, -0.2) is 9.59 Å². The van der Waals surface area contributed by atoms with Crippen LogP contribution in [0.15, 0.2) is 59.5 Å². The fraction of sp³-hybridized carbons (Fsp3) is 0.0667. The fourth-order valence-corrected chi connectivity index (χ4v) is 2.56. The summed E-state index contributed by atoms with van der Waals surface area (Å²) in [6.45, 7) is 0. The monoisotopic (exact) mass is 320 g/mol. The van der Waals surface area contributed by atoms with Gasteiger partial charge in [0.2, 0.25) is 0 Å². The van der Waals surface area contributed by atoms with Gasteiger partial charge >= 0.3 is 22.1 Å². The molecule has 0 saturated heterocycles. The molecule has 0 atom stereocenters. The standard InChI is InChI=1S/C15H12O6S/c1-20-14(16)11-6-5-7-12(10-11)15(17)21-22(18,19)13-8-3-2-4-9-13/h2-10H,1H3.